The number of nitrogens with zero attached hydrogens (tertiary/aromatic N) is 2. The summed E-state index contributed by atoms with van der Waals surface area (Å²) in [5.74, 6) is -0.649. The highest BCUT2D eigenvalue weighted by Gasteiger charge is 2.33. The molecule has 0 saturated carbocycles. The summed E-state index contributed by atoms with van der Waals surface area (Å²) in [6.07, 6.45) is 0.317. The molecule has 10 heteroatoms. The maximum atomic E-state index is 14.0. The first-order chi connectivity index (χ1) is 18.5. The van der Waals surface area contributed by atoms with E-state index in [9.17, 15) is 18.0 Å². The van der Waals surface area contributed by atoms with Crippen LogP contribution in [-0.2, 0) is 26.2 Å². The summed E-state index contributed by atoms with van der Waals surface area (Å²) in [7, 11) is -4.10. The highest BCUT2D eigenvalue weighted by molar-refractivity contribution is 7.92. The molecule has 208 valence electrons. The first-order valence-corrected chi connectivity index (χ1v) is 14.9. The van der Waals surface area contributed by atoms with Gasteiger partial charge in [-0.1, -0.05) is 86.4 Å². The molecule has 0 aliphatic heterocycles. The average molecular weight is 591 g/mol. The monoisotopic (exact) mass is 589 g/mol. The number of hydrogen-bond acceptors (Lipinski definition) is 4. The van der Waals surface area contributed by atoms with Gasteiger partial charge in [-0.3, -0.25) is 13.9 Å². The van der Waals surface area contributed by atoms with E-state index in [-0.39, 0.29) is 23.3 Å². The van der Waals surface area contributed by atoms with Crippen LogP contribution >= 0.6 is 23.2 Å². The Labute approximate surface area is 240 Å². The molecule has 0 fully saturated rings. The van der Waals surface area contributed by atoms with E-state index in [1.54, 1.807) is 73.7 Å². The van der Waals surface area contributed by atoms with Crippen LogP contribution in [0.2, 0.25) is 10.0 Å². The summed E-state index contributed by atoms with van der Waals surface area (Å²) in [5.41, 5.74) is 0.915. The summed E-state index contributed by atoms with van der Waals surface area (Å²) < 4.78 is 28.5. The highest BCUT2D eigenvalue weighted by atomic mass is 35.5. The van der Waals surface area contributed by atoms with Gasteiger partial charge in [0, 0.05) is 23.1 Å². The quantitative estimate of drug-likeness (QED) is 0.290. The number of anilines is 1. The van der Waals surface area contributed by atoms with Crippen molar-refractivity contribution < 1.29 is 18.0 Å². The Morgan fingerprint density at radius 3 is 2.10 bits per heavy atom. The summed E-state index contributed by atoms with van der Waals surface area (Å²) in [5, 5.41) is 3.68. The van der Waals surface area contributed by atoms with Gasteiger partial charge >= 0.3 is 0 Å². The number of sulfonamides is 1. The van der Waals surface area contributed by atoms with Crippen LogP contribution in [0.3, 0.4) is 0 Å². The van der Waals surface area contributed by atoms with Gasteiger partial charge in [-0.05, 0) is 54.3 Å². The Balaban J connectivity index is 2.03. The second-order valence-electron chi connectivity index (χ2n) is 9.48. The van der Waals surface area contributed by atoms with E-state index in [1.165, 1.54) is 17.0 Å². The second-order valence-corrected chi connectivity index (χ2v) is 12.2. The lowest BCUT2D eigenvalue weighted by Crippen LogP contribution is -2.52. The van der Waals surface area contributed by atoms with Crippen molar-refractivity contribution in [3.8, 4) is 0 Å². The zero-order valence-corrected chi connectivity index (χ0v) is 24.5. The van der Waals surface area contributed by atoms with Crippen LogP contribution in [0.4, 0.5) is 5.69 Å². The number of hydrogen-bond donors (Lipinski definition) is 1. The van der Waals surface area contributed by atoms with Gasteiger partial charge in [0.05, 0.1) is 10.6 Å². The van der Waals surface area contributed by atoms with Crippen molar-refractivity contribution in [1.29, 1.82) is 0 Å². The molecule has 39 heavy (non-hydrogen) atoms. The third-order valence-electron chi connectivity index (χ3n) is 6.08. The number of benzene rings is 3. The lowest BCUT2D eigenvalue weighted by molar-refractivity contribution is -0.140. The number of carbonyl (C=O) groups excluding carboxylic acids is 2. The minimum Gasteiger partial charge on any atom is -0.354 e. The highest BCUT2D eigenvalue weighted by Crippen LogP contribution is 2.26. The lowest BCUT2D eigenvalue weighted by Gasteiger charge is -2.33. The van der Waals surface area contributed by atoms with Crippen LogP contribution in [-0.4, -0.2) is 44.3 Å². The predicted octanol–water partition coefficient (Wildman–Crippen LogP) is 5.77. The van der Waals surface area contributed by atoms with Gasteiger partial charge in [-0.2, -0.15) is 0 Å². The van der Waals surface area contributed by atoms with Gasteiger partial charge in [0.1, 0.15) is 12.6 Å². The molecule has 0 heterocycles. The van der Waals surface area contributed by atoms with E-state index in [4.69, 9.17) is 23.2 Å². The summed E-state index contributed by atoms with van der Waals surface area (Å²) in [6.45, 7) is 5.68. The number of rotatable bonds is 12. The molecule has 0 aromatic heterocycles. The van der Waals surface area contributed by atoms with Crippen LogP contribution in [0.15, 0.2) is 83.8 Å². The Kier molecular flexibility index (Phi) is 10.8. The molecule has 0 aliphatic carbocycles. The number of para-hydroxylation sites is 1. The third-order valence-corrected chi connectivity index (χ3v) is 8.46. The number of nitrogens with one attached hydrogen (secondary N) is 1. The maximum absolute atomic E-state index is 14.0. The molecule has 1 atom stereocenters. The Morgan fingerprint density at radius 2 is 1.54 bits per heavy atom. The normalized spacial score (nSPS) is 12.2. The summed E-state index contributed by atoms with van der Waals surface area (Å²) in [6, 6.07) is 20.4. The smallest absolute Gasteiger partial charge is 0.264 e. The molecule has 0 unspecified atom stereocenters. The van der Waals surface area contributed by atoms with Crippen LogP contribution in [0.5, 0.6) is 0 Å². The second kappa shape index (κ2) is 13.8. The predicted molar refractivity (Wildman–Crippen MR) is 156 cm³/mol. The van der Waals surface area contributed by atoms with Gasteiger partial charge in [0.2, 0.25) is 11.8 Å². The zero-order chi connectivity index (χ0) is 28.6. The fourth-order valence-corrected chi connectivity index (χ4v) is 5.92. The largest absolute Gasteiger partial charge is 0.354 e. The number of amides is 2. The Morgan fingerprint density at radius 1 is 0.923 bits per heavy atom. The minimum atomic E-state index is -4.10. The molecule has 2 amide bonds. The maximum Gasteiger partial charge on any atom is 0.264 e. The van der Waals surface area contributed by atoms with Crippen molar-refractivity contribution in [3.05, 3.63) is 94.5 Å². The van der Waals surface area contributed by atoms with Crippen molar-refractivity contribution in [1.82, 2.24) is 10.2 Å². The van der Waals surface area contributed by atoms with Gasteiger partial charge in [-0.15, -0.1) is 0 Å². The number of carbonyl (C=O) groups is 2. The molecular weight excluding hydrogens is 557 g/mol. The molecule has 3 rings (SSSR count). The first kappa shape index (κ1) is 30.5. The third kappa shape index (κ3) is 7.97. The summed E-state index contributed by atoms with van der Waals surface area (Å²) >= 11 is 12.5. The van der Waals surface area contributed by atoms with Gasteiger partial charge < -0.3 is 10.2 Å². The zero-order valence-electron chi connectivity index (χ0n) is 22.2. The average Bonchev–Trinajstić information content (AvgIpc) is 2.92. The molecule has 3 aromatic carbocycles. The van der Waals surface area contributed by atoms with Crippen LogP contribution in [0, 0.1) is 5.92 Å². The van der Waals surface area contributed by atoms with Gasteiger partial charge in [0.15, 0.2) is 0 Å². The fourth-order valence-electron chi connectivity index (χ4n) is 4.02. The van der Waals surface area contributed by atoms with Crippen molar-refractivity contribution in [2.75, 3.05) is 17.4 Å². The van der Waals surface area contributed by atoms with Crippen molar-refractivity contribution in [3.63, 3.8) is 0 Å². The molecule has 1 N–H and O–H groups in total. The Bertz CT molecular complexity index is 1370. The molecular formula is C29H33Cl2N3O4S. The molecule has 7 nitrogen and oxygen atoms in total. The van der Waals surface area contributed by atoms with Crippen LogP contribution in [0.1, 0.15) is 32.8 Å². The fraction of sp³-hybridized carbons (Fsp3) is 0.310. The van der Waals surface area contributed by atoms with E-state index in [2.05, 4.69) is 5.32 Å². The molecule has 0 aliphatic rings. The SMILES string of the molecule is CC[C@@H](C(=O)NCC(C)C)N(Cc1ccc(Cl)cc1Cl)C(=O)CN(c1ccccc1)S(=O)(=O)c1ccccc1. The van der Waals surface area contributed by atoms with Crippen molar-refractivity contribution >= 4 is 50.7 Å². The van der Waals surface area contributed by atoms with Crippen molar-refractivity contribution in [2.24, 2.45) is 5.92 Å². The molecule has 0 spiro atoms. The van der Waals surface area contributed by atoms with Gasteiger partial charge in [-0.25, -0.2) is 8.42 Å². The molecule has 3 aromatic rings. The van der Waals surface area contributed by atoms with E-state index in [0.717, 1.165) is 4.31 Å². The van der Waals surface area contributed by atoms with E-state index >= 15 is 0 Å². The van der Waals surface area contributed by atoms with E-state index in [0.29, 0.717) is 34.3 Å². The van der Waals surface area contributed by atoms with Crippen LogP contribution in [0.25, 0.3) is 0 Å². The van der Waals surface area contributed by atoms with Gasteiger partial charge in [0.25, 0.3) is 10.0 Å². The summed E-state index contributed by atoms with van der Waals surface area (Å²) in [4.78, 5) is 28.7. The lowest BCUT2D eigenvalue weighted by atomic mass is 10.1. The Hall–Kier alpha value is -3.07. The van der Waals surface area contributed by atoms with Crippen molar-refractivity contribution in [2.45, 2.75) is 44.7 Å². The van der Waals surface area contributed by atoms with Crippen LogP contribution < -0.4 is 9.62 Å². The number of halogens is 2. The topological polar surface area (TPSA) is 86.8 Å². The molecule has 0 saturated heterocycles. The first-order valence-electron chi connectivity index (χ1n) is 12.7. The molecule has 0 bridgehead atoms. The standard InChI is InChI=1S/C29H33Cl2N3O4S/c1-4-27(29(36)32-18-21(2)3)33(19-22-15-16-23(30)17-26(22)31)28(35)20-34(24-11-7-5-8-12-24)39(37,38)25-13-9-6-10-14-25/h5-17,21,27H,4,18-20H2,1-3H3,(H,32,36)/t27-/m0/s1. The minimum absolute atomic E-state index is 0.00352. The molecule has 0 radical (unpaired) electrons. The van der Waals surface area contributed by atoms with E-state index < -0.39 is 28.5 Å². The van der Waals surface area contributed by atoms with E-state index in [1.807, 2.05) is 13.8 Å².